The van der Waals surface area contributed by atoms with Crippen molar-refractivity contribution in [2.24, 2.45) is 0 Å². The molecule has 0 unspecified atom stereocenters. The fourth-order valence-corrected chi connectivity index (χ4v) is 1.74. The van der Waals surface area contributed by atoms with Gasteiger partial charge in [-0.3, -0.25) is 4.79 Å². The van der Waals surface area contributed by atoms with Crippen LogP contribution in [0.4, 0.5) is 0 Å². The monoisotopic (exact) mass is 326 g/mol. The van der Waals surface area contributed by atoms with Crippen LogP contribution in [0.15, 0.2) is 60.7 Å². The number of rotatable bonds is 5. The third-order valence-corrected chi connectivity index (χ3v) is 3.00. The van der Waals surface area contributed by atoms with Crippen molar-refractivity contribution in [1.29, 1.82) is 0 Å². The quantitative estimate of drug-likeness (QED) is 0.648. The molecule has 0 aromatic heterocycles. The third-order valence-electron chi connectivity index (χ3n) is 3.00. The molecule has 24 heavy (non-hydrogen) atoms. The summed E-state index contributed by atoms with van der Waals surface area (Å²) in [6.45, 7) is 1.51. The number of carbonyl (C=O) groups excluding carboxylic acids is 1. The lowest BCUT2D eigenvalue weighted by Gasteiger charge is -2.01. The molecule has 2 aromatic carbocycles. The van der Waals surface area contributed by atoms with Crippen molar-refractivity contribution in [2.45, 2.75) is 13.3 Å². The Kier molecular flexibility index (Phi) is 7.64. The van der Waals surface area contributed by atoms with Crippen LogP contribution in [0.3, 0.4) is 0 Å². The van der Waals surface area contributed by atoms with E-state index in [1.165, 1.54) is 6.92 Å². The van der Waals surface area contributed by atoms with Gasteiger partial charge in [0.05, 0.1) is 0 Å². The number of benzene rings is 2. The van der Waals surface area contributed by atoms with Crippen molar-refractivity contribution in [1.82, 2.24) is 0 Å². The molecule has 0 radical (unpaired) electrons. The third kappa shape index (κ3) is 6.70. The second-order valence-electron chi connectivity index (χ2n) is 4.74. The Morgan fingerprint density at radius 1 is 0.875 bits per heavy atom. The van der Waals surface area contributed by atoms with E-state index in [2.05, 4.69) is 0 Å². The van der Waals surface area contributed by atoms with Gasteiger partial charge in [-0.25, -0.2) is 9.59 Å². The highest BCUT2D eigenvalue weighted by molar-refractivity contribution is 6.32. The summed E-state index contributed by atoms with van der Waals surface area (Å²) in [5.41, 5.74) is 3.16. The molecule has 0 heterocycles. The molecular weight excluding hydrogens is 308 g/mol. The molecule has 0 fully saturated rings. The summed E-state index contributed by atoms with van der Waals surface area (Å²) in [4.78, 5) is 29.9. The molecule has 0 aliphatic heterocycles. The molecule has 124 valence electrons. The largest absolute Gasteiger partial charge is 0.478 e. The zero-order valence-electron chi connectivity index (χ0n) is 13.2. The Morgan fingerprint density at radius 3 is 1.83 bits per heavy atom. The molecule has 2 rings (SSSR count). The maximum absolute atomic E-state index is 10.4. The van der Waals surface area contributed by atoms with Gasteiger partial charge in [-0.2, -0.15) is 0 Å². The molecule has 0 saturated heterocycles. The molecule has 0 aliphatic rings. The van der Waals surface area contributed by atoms with E-state index in [9.17, 15) is 14.4 Å². The molecule has 5 nitrogen and oxygen atoms in total. The van der Waals surface area contributed by atoms with E-state index in [1.54, 1.807) is 6.08 Å². The number of aliphatic carboxylic acids is 2. The molecular formula is C19H18O5. The van der Waals surface area contributed by atoms with E-state index in [0.717, 1.165) is 22.8 Å². The second-order valence-corrected chi connectivity index (χ2v) is 4.74. The molecule has 2 aromatic rings. The first-order valence-corrected chi connectivity index (χ1v) is 7.26. The Labute approximate surface area is 139 Å². The van der Waals surface area contributed by atoms with Gasteiger partial charge in [0.25, 0.3) is 0 Å². The minimum absolute atomic E-state index is 0.0787. The van der Waals surface area contributed by atoms with E-state index in [1.807, 2.05) is 54.6 Å². The lowest BCUT2D eigenvalue weighted by atomic mass is 10.0. The standard InChI is InChI=1S/C15H12O2.C4H6O3/c16-15(17)11-8-12-6-9-14(10-7-12)13-4-2-1-3-5-13;1-2-3(5)4(6)7/h1-11H,(H,16,17);2H2,1H3,(H,6,7). The lowest BCUT2D eigenvalue weighted by molar-refractivity contribution is -0.148. The van der Waals surface area contributed by atoms with E-state index in [-0.39, 0.29) is 6.42 Å². The fourth-order valence-electron chi connectivity index (χ4n) is 1.74. The molecule has 0 spiro atoms. The average molecular weight is 326 g/mol. The highest BCUT2D eigenvalue weighted by Gasteiger charge is 2.05. The molecule has 0 saturated carbocycles. The number of hydrogen-bond acceptors (Lipinski definition) is 3. The van der Waals surface area contributed by atoms with Crippen molar-refractivity contribution in [3.05, 3.63) is 66.2 Å². The topological polar surface area (TPSA) is 91.7 Å². The highest BCUT2D eigenvalue weighted by Crippen LogP contribution is 2.19. The van der Waals surface area contributed by atoms with Crippen LogP contribution in [0.2, 0.25) is 0 Å². The predicted octanol–water partition coefficient (Wildman–Crippen LogP) is 3.50. The van der Waals surface area contributed by atoms with Crippen LogP contribution in [0.25, 0.3) is 17.2 Å². The van der Waals surface area contributed by atoms with Crippen molar-refractivity contribution in [3.63, 3.8) is 0 Å². The minimum atomic E-state index is -1.34. The fraction of sp³-hybridized carbons (Fsp3) is 0.105. The average Bonchev–Trinajstić information content (AvgIpc) is 2.61. The van der Waals surface area contributed by atoms with Gasteiger partial charge < -0.3 is 10.2 Å². The Hall–Kier alpha value is -3.21. The van der Waals surface area contributed by atoms with Crippen molar-refractivity contribution in [3.8, 4) is 11.1 Å². The summed E-state index contributed by atoms with van der Waals surface area (Å²) < 4.78 is 0. The Balaban J connectivity index is 0.000000351. The van der Waals surface area contributed by atoms with Gasteiger partial charge in [0.1, 0.15) is 0 Å². The second kappa shape index (κ2) is 9.74. The predicted molar refractivity (Wildman–Crippen MR) is 91.5 cm³/mol. The Bertz CT molecular complexity index is 715. The number of ketones is 1. The van der Waals surface area contributed by atoms with Gasteiger partial charge in [-0.15, -0.1) is 0 Å². The number of carboxylic acid groups (broad SMARTS) is 2. The van der Waals surface area contributed by atoms with Crippen molar-refractivity contribution in [2.75, 3.05) is 0 Å². The molecule has 2 N–H and O–H groups in total. The minimum Gasteiger partial charge on any atom is -0.478 e. The lowest BCUT2D eigenvalue weighted by Crippen LogP contribution is -2.09. The normalized spacial score (nSPS) is 9.88. The summed E-state index contributed by atoms with van der Waals surface area (Å²) in [5.74, 6) is -3.01. The van der Waals surface area contributed by atoms with E-state index >= 15 is 0 Å². The summed E-state index contributed by atoms with van der Waals surface area (Å²) in [5, 5.41) is 16.4. The first kappa shape index (κ1) is 18.8. The molecule has 0 aliphatic carbocycles. The number of carboxylic acids is 2. The first-order valence-electron chi connectivity index (χ1n) is 7.26. The highest BCUT2D eigenvalue weighted by atomic mass is 16.4. The zero-order valence-corrected chi connectivity index (χ0v) is 13.2. The number of carbonyl (C=O) groups is 3. The summed E-state index contributed by atoms with van der Waals surface area (Å²) >= 11 is 0. The van der Waals surface area contributed by atoms with Crippen LogP contribution < -0.4 is 0 Å². The van der Waals surface area contributed by atoms with Gasteiger partial charge in [-0.1, -0.05) is 61.5 Å². The molecule has 0 amide bonds. The summed E-state index contributed by atoms with van der Waals surface area (Å²) in [6, 6.07) is 17.8. The maximum Gasteiger partial charge on any atom is 0.372 e. The van der Waals surface area contributed by atoms with Crippen LogP contribution in [0.5, 0.6) is 0 Å². The molecule has 0 bridgehead atoms. The van der Waals surface area contributed by atoms with Crippen LogP contribution in [0.1, 0.15) is 18.9 Å². The van der Waals surface area contributed by atoms with Gasteiger partial charge in [0.15, 0.2) is 0 Å². The molecule has 5 heteroatoms. The van der Waals surface area contributed by atoms with Crippen molar-refractivity contribution < 1.29 is 24.6 Å². The van der Waals surface area contributed by atoms with Gasteiger partial charge >= 0.3 is 11.9 Å². The SMILES string of the molecule is CCC(=O)C(=O)O.O=C(O)C=Cc1ccc(-c2ccccc2)cc1. The zero-order chi connectivity index (χ0) is 17.9. The van der Waals surface area contributed by atoms with Gasteiger partial charge in [-0.05, 0) is 22.8 Å². The first-order chi connectivity index (χ1) is 11.4. The Morgan fingerprint density at radius 2 is 1.42 bits per heavy atom. The van der Waals surface area contributed by atoms with Gasteiger partial charge in [0.2, 0.25) is 5.78 Å². The summed E-state index contributed by atoms with van der Waals surface area (Å²) in [7, 11) is 0. The van der Waals surface area contributed by atoms with Gasteiger partial charge in [0, 0.05) is 12.5 Å². The van der Waals surface area contributed by atoms with Crippen LogP contribution in [0, 0.1) is 0 Å². The van der Waals surface area contributed by atoms with Crippen LogP contribution >= 0.6 is 0 Å². The number of hydrogen-bond donors (Lipinski definition) is 2. The number of Topliss-reactive ketones (excluding diaryl/α,β-unsaturated/α-hetero) is 1. The van der Waals surface area contributed by atoms with Crippen molar-refractivity contribution >= 4 is 23.8 Å². The molecule has 0 atom stereocenters. The van der Waals surface area contributed by atoms with E-state index in [0.29, 0.717) is 0 Å². The van der Waals surface area contributed by atoms with Crippen LogP contribution in [-0.4, -0.2) is 27.9 Å². The van der Waals surface area contributed by atoms with E-state index < -0.39 is 17.7 Å². The van der Waals surface area contributed by atoms with E-state index in [4.69, 9.17) is 10.2 Å². The maximum atomic E-state index is 10.4. The summed E-state index contributed by atoms with van der Waals surface area (Å²) in [6.07, 6.45) is 2.80. The smallest absolute Gasteiger partial charge is 0.372 e. The van der Waals surface area contributed by atoms with Crippen LogP contribution in [-0.2, 0) is 14.4 Å².